The number of nitrogens with one attached hydrogen (secondary N) is 4. The Hall–Kier alpha value is -5.03. The van der Waals surface area contributed by atoms with Crippen LogP contribution in [0.2, 0.25) is 0 Å². The summed E-state index contributed by atoms with van der Waals surface area (Å²) in [5.41, 5.74) is 2.27. The molecule has 0 aliphatic carbocycles. The van der Waals surface area contributed by atoms with Crippen LogP contribution < -0.4 is 21.3 Å². The van der Waals surface area contributed by atoms with Crippen LogP contribution >= 0.6 is 0 Å². The fourth-order valence-electron chi connectivity index (χ4n) is 6.87. The van der Waals surface area contributed by atoms with Gasteiger partial charge in [-0.2, -0.15) is 0 Å². The number of hydrogen-bond donors (Lipinski definition) is 4. The molecule has 11 heteroatoms. The zero-order valence-corrected chi connectivity index (χ0v) is 32.6. The second-order valence-electron chi connectivity index (χ2n) is 15.4. The van der Waals surface area contributed by atoms with Crippen molar-refractivity contribution in [3.63, 3.8) is 0 Å². The second kappa shape index (κ2) is 19.9. The van der Waals surface area contributed by atoms with Crippen LogP contribution in [0.15, 0.2) is 91.0 Å². The number of rotatable bonds is 12. The van der Waals surface area contributed by atoms with Gasteiger partial charge in [-0.05, 0) is 47.3 Å². The van der Waals surface area contributed by atoms with Gasteiger partial charge in [0.15, 0.2) is 0 Å². The molecule has 4 rings (SSSR count). The van der Waals surface area contributed by atoms with Gasteiger partial charge in [0.1, 0.15) is 36.3 Å². The van der Waals surface area contributed by atoms with E-state index in [2.05, 4.69) is 21.3 Å². The van der Waals surface area contributed by atoms with Crippen LogP contribution in [0, 0.1) is 17.8 Å². The van der Waals surface area contributed by atoms with Crippen molar-refractivity contribution in [2.24, 2.45) is 17.8 Å². The average molecular weight is 740 g/mol. The minimum atomic E-state index is -1.33. The Labute approximate surface area is 320 Å². The van der Waals surface area contributed by atoms with Crippen LogP contribution in [-0.4, -0.2) is 71.7 Å². The second-order valence-corrected chi connectivity index (χ2v) is 15.4. The summed E-state index contributed by atoms with van der Waals surface area (Å²) < 4.78 is 6.51. The molecule has 3 aromatic rings. The van der Waals surface area contributed by atoms with Gasteiger partial charge in [-0.15, -0.1) is 0 Å². The Morgan fingerprint density at radius 1 is 0.574 bits per heavy atom. The van der Waals surface area contributed by atoms with Gasteiger partial charge < -0.3 is 30.9 Å². The molecule has 4 N–H and O–H groups in total. The first-order valence-corrected chi connectivity index (χ1v) is 19.0. The summed E-state index contributed by atoms with van der Waals surface area (Å²) >= 11 is 0. The van der Waals surface area contributed by atoms with E-state index in [4.69, 9.17) is 4.74 Å². The maximum Gasteiger partial charge on any atom is 0.246 e. The minimum Gasteiger partial charge on any atom is -0.366 e. The van der Waals surface area contributed by atoms with Crippen LogP contribution in [0.3, 0.4) is 0 Å². The molecule has 3 aromatic carbocycles. The van der Waals surface area contributed by atoms with Crippen LogP contribution in [0.1, 0.15) is 77.2 Å². The minimum absolute atomic E-state index is 0.0106. The van der Waals surface area contributed by atoms with Crippen molar-refractivity contribution in [3.05, 3.63) is 108 Å². The SMILES string of the molecule is CC(C)C[C@@H]1NC(=O)[C@H]([C@H](OCc2ccccc2)c2ccccc2)NC(=O)[C@@H](Cc2ccccc2)NC(=O)[C@@H](CC(C)C)NC(=O)[C@H](C(C)C)N(C)C1=O. The third-order valence-electron chi connectivity index (χ3n) is 9.53. The first-order valence-electron chi connectivity index (χ1n) is 19.0. The highest BCUT2D eigenvalue weighted by Crippen LogP contribution is 2.25. The fourth-order valence-corrected chi connectivity index (χ4v) is 6.87. The van der Waals surface area contributed by atoms with E-state index in [9.17, 15) is 24.0 Å². The highest BCUT2D eigenvalue weighted by atomic mass is 16.5. The smallest absolute Gasteiger partial charge is 0.246 e. The molecular formula is C43H57N5O6. The van der Waals surface area contributed by atoms with Crippen molar-refractivity contribution in [3.8, 4) is 0 Å². The van der Waals surface area contributed by atoms with Crippen molar-refractivity contribution >= 4 is 29.5 Å². The fraction of sp³-hybridized carbons (Fsp3) is 0.465. The Kier molecular flexibility index (Phi) is 15.4. The number of carbonyl (C=O) groups excluding carboxylic acids is 5. The van der Waals surface area contributed by atoms with E-state index in [0.29, 0.717) is 12.0 Å². The molecule has 1 aliphatic rings. The van der Waals surface area contributed by atoms with E-state index < -0.39 is 65.8 Å². The Morgan fingerprint density at radius 2 is 1.06 bits per heavy atom. The zero-order valence-electron chi connectivity index (χ0n) is 32.6. The number of benzene rings is 3. The molecule has 0 spiro atoms. The first kappa shape index (κ1) is 41.7. The molecule has 0 unspecified atom stereocenters. The molecule has 1 heterocycles. The summed E-state index contributed by atoms with van der Waals surface area (Å²) in [6.45, 7) is 11.6. The summed E-state index contributed by atoms with van der Waals surface area (Å²) in [5.74, 6) is -3.09. The van der Waals surface area contributed by atoms with Crippen LogP contribution in [-0.2, 0) is 41.7 Å². The predicted octanol–water partition coefficient (Wildman–Crippen LogP) is 4.72. The van der Waals surface area contributed by atoms with E-state index in [0.717, 1.165) is 11.1 Å². The summed E-state index contributed by atoms with van der Waals surface area (Å²) in [4.78, 5) is 73.2. The van der Waals surface area contributed by atoms with Crippen LogP contribution in [0.25, 0.3) is 0 Å². The number of carbonyl (C=O) groups is 5. The lowest BCUT2D eigenvalue weighted by atomic mass is 9.96. The molecule has 0 saturated carbocycles. The third-order valence-corrected chi connectivity index (χ3v) is 9.53. The molecule has 1 saturated heterocycles. The summed E-state index contributed by atoms with van der Waals surface area (Å²) in [6, 6.07) is 22.4. The molecule has 0 bridgehead atoms. The molecule has 5 amide bonds. The molecule has 1 fully saturated rings. The summed E-state index contributed by atoms with van der Waals surface area (Å²) in [6.07, 6.45) is -0.314. The van der Waals surface area contributed by atoms with Gasteiger partial charge in [0.2, 0.25) is 29.5 Å². The molecule has 6 atom stereocenters. The van der Waals surface area contributed by atoms with Gasteiger partial charge in [-0.1, -0.05) is 133 Å². The number of hydrogen-bond acceptors (Lipinski definition) is 6. The number of likely N-dealkylation sites (N-methyl/N-ethyl adjacent to an activating group) is 1. The first-order chi connectivity index (χ1) is 25.7. The number of nitrogens with zero attached hydrogens (tertiary/aromatic N) is 1. The van der Waals surface area contributed by atoms with E-state index >= 15 is 0 Å². The third kappa shape index (κ3) is 11.7. The van der Waals surface area contributed by atoms with Crippen LogP contribution in [0.5, 0.6) is 0 Å². The highest BCUT2D eigenvalue weighted by Gasteiger charge is 2.40. The van der Waals surface area contributed by atoms with Crippen molar-refractivity contribution < 1.29 is 28.7 Å². The Morgan fingerprint density at radius 3 is 1.61 bits per heavy atom. The lowest BCUT2D eigenvalue weighted by molar-refractivity contribution is -0.145. The molecule has 0 aromatic heterocycles. The van der Waals surface area contributed by atoms with E-state index in [-0.39, 0.29) is 37.2 Å². The largest absolute Gasteiger partial charge is 0.366 e. The maximum atomic E-state index is 14.7. The van der Waals surface area contributed by atoms with Crippen molar-refractivity contribution in [1.82, 2.24) is 26.2 Å². The molecule has 1 aliphatic heterocycles. The lowest BCUT2D eigenvalue weighted by Gasteiger charge is -2.35. The highest BCUT2D eigenvalue weighted by molar-refractivity contribution is 5.98. The van der Waals surface area contributed by atoms with Gasteiger partial charge in [0.25, 0.3) is 0 Å². The number of ether oxygens (including phenoxy) is 1. The van der Waals surface area contributed by atoms with Crippen molar-refractivity contribution in [1.29, 1.82) is 0 Å². The lowest BCUT2D eigenvalue weighted by Crippen LogP contribution is -2.60. The van der Waals surface area contributed by atoms with E-state index in [1.54, 1.807) is 7.05 Å². The quantitative estimate of drug-likeness (QED) is 0.212. The van der Waals surface area contributed by atoms with Crippen molar-refractivity contribution in [2.45, 2.75) is 104 Å². The summed E-state index contributed by atoms with van der Waals surface area (Å²) in [5, 5.41) is 11.7. The Bertz CT molecular complexity index is 1680. The molecular weight excluding hydrogens is 683 g/mol. The standard InChI is InChI=1S/C43H57N5O6/c1-27(2)23-33-39(49)44-34(25-30-17-11-8-12-18-30)40(50)47-36(38(32-21-15-10-16-22-32)54-26-31-19-13-9-14-20-31)41(51)46-35(24-28(3)4)43(53)48(7)37(29(5)6)42(52)45-33/h8-22,27-29,33-38H,23-26H2,1-7H3,(H,44,49)(H,45,52)(H,46,51)(H,47,50)/t33-,34-,35+,36+,37+,38-/m1/s1. The predicted molar refractivity (Wildman–Crippen MR) is 209 cm³/mol. The molecule has 54 heavy (non-hydrogen) atoms. The molecule has 11 nitrogen and oxygen atoms in total. The monoisotopic (exact) mass is 739 g/mol. The Balaban J connectivity index is 1.87. The summed E-state index contributed by atoms with van der Waals surface area (Å²) in [7, 11) is 1.55. The zero-order chi connectivity index (χ0) is 39.4. The van der Waals surface area contributed by atoms with Gasteiger partial charge in [0, 0.05) is 13.5 Å². The van der Waals surface area contributed by atoms with Gasteiger partial charge in [0.05, 0.1) is 6.61 Å². The van der Waals surface area contributed by atoms with Crippen LogP contribution in [0.4, 0.5) is 0 Å². The van der Waals surface area contributed by atoms with Crippen molar-refractivity contribution in [2.75, 3.05) is 7.05 Å². The number of amides is 5. The maximum absolute atomic E-state index is 14.7. The van der Waals surface area contributed by atoms with Gasteiger partial charge >= 0.3 is 0 Å². The van der Waals surface area contributed by atoms with Gasteiger partial charge in [-0.25, -0.2) is 0 Å². The van der Waals surface area contributed by atoms with Gasteiger partial charge in [-0.3, -0.25) is 24.0 Å². The normalized spacial score (nSPS) is 22.6. The molecule has 0 radical (unpaired) electrons. The average Bonchev–Trinajstić information content (AvgIpc) is 3.13. The molecule has 290 valence electrons. The topological polar surface area (TPSA) is 146 Å². The van der Waals surface area contributed by atoms with E-state index in [1.165, 1.54) is 4.90 Å². The van der Waals surface area contributed by atoms with E-state index in [1.807, 2.05) is 133 Å².